The van der Waals surface area contributed by atoms with Crippen molar-refractivity contribution in [3.63, 3.8) is 0 Å². The molecule has 0 aromatic heterocycles. The number of carbonyl (C=O) groups is 1. The highest BCUT2D eigenvalue weighted by Gasteiger charge is 2.21. The van der Waals surface area contributed by atoms with Gasteiger partial charge in [0.05, 0.1) is 0 Å². The highest BCUT2D eigenvalue weighted by Crippen LogP contribution is 2.21. The van der Waals surface area contributed by atoms with Gasteiger partial charge in [-0.25, -0.2) is 13.6 Å². The monoisotopic (exact) mass is 409 g/mol. The molecule has 5 nitrogen and oxygen atoms in total. The zero-order chi connectivity index (χ0) is 19.9. The average Bonchev–Trinajstić information content (AvgIpc) is 2.71. The molecule has 28 heavy (non-hydrogen) atoms. The lowest BCUT2D eigenvalue weighted by atomic mass is 10.2. The SMILES string of the molecule is O=C(NCc1cccc(OCC(F)F)c1)N1CCN(c2cccc(Cl)c2)CC1. The zero-order valence-corrected chi connectivity index (χ0v) is 16.0. The summed E-state index contributed by atoms with van der Waals surface area (Å²) in [6.45, 7) is 2.33. The van der Waals surface area contributed by atoms with Crippen molar-refractivity contribution in [1.82, 2.24) is 10.2 Å². The second kappa shape index (κ2) is 9.59. The average molecular weight is 410 g/mol. The third-order valence-electron chi connectivity index (χ3n) is 4.46. The van der Waals surface area contributed by atoms with Crippen LogP contribution in [0.2, 0.25) is 5.02 Å². The Hall–Kier alpha value is -2.54. The van der Waals surface area contributed by atoms with Crippen LogP contribution in [-0.2, 0) is 6.54 Å². The number of hydrogen-bond acceptors (Lipinski definition) is 3. The fraction of sp³-hybridized carbons (Fsp3) is 0.350. The van der Waals surface area contributed by atoms with Crippen molar-refractivity contribution in [1.29, 1.82) is 0 Å². The smallest absolute Gasteiger partial charge is 0.317 e. The number of ether oxygens (including phenoxy) is 1. The third kappa shape index (κ3) is 5.73. The van der Waals surface area contributed by atoms with Crippen LogP contribution < -0.4 is 15.0 Å². The predicted molar refractivity (Wildman–Crippen MR) is 105 cm³/mol. The highest BCUT2D eigenvalue weighted by atomic mass is 35.5. The molecule has 1 fully saturated rings. The van der Waals surface area contributed by atoms with E-state index < -0.39 is 13.0 Å². The van der Waals surface area contributed by atoms with E-state index in [1.54, 1.807) is 23.1 Å². The number of carbonyl (C=O) groups excluding carboxylic acids is 1. The first kappa shape index (κ1) is 20.2. The molecule has 0 atom stereocenters. The van der Waals surface area contributed by atoms with Gasteiger partial charge in [0, 0.05) is 43.4 Å². The van der Waals surface area contributed by atoms with Gasteiger partial charge in [-0.15, -0.1) is 0 Å². The van der Waals surface area contributed by atoms with Gasteiger partial charge in [0.2, 0.25) is 0 Å². The molecule has 0 radical (unpaired) electrons. The Balaban J connectivity index is 1.46. The van der Waals surface area contributed by atoms with Crippen LogP contribution in [-0.4, -0.2) is 50.1 Å². The summed E-state index contributed by atoms with van der Waals surface area (Å²) in [5, 5.41) is 3.56. The number of rotatable bonds is 6. The first-order valence-corrected chi connectivity index (χ1v) is 9.42. The van der Waals surface area contributed by atoms with Crippen LogP contribution in [0.4, 0.5) is 19.3 Å². The maximum Gasteiger partial charge on any atom is 0.317 e. The third-order valence-corrected chi connectivity index (χ3v) is 4.69. The molecular formula is C20H22ClF2N3O2. The van der Waals surface area contributed by atoms with Gasteiger partial charge < -0.3 is 19.9 Å². The molecule has 0 saturated carbocycles. The van der Waals surface area contributed by atoms with Gasteiger partial charge in [-0.1, -0.05) is 29.8 Å². The molecule has 0 spiro atoms. The molecule has 1 heterocycles. The summed E-state index contributed by atoms with van der Waals surface area (Å²) in [5.74, 6) is 0.363. The first-order chi connectivity index (χ1) is 13.5. The van der Waals surface area contributed by atoms with Gasteiger partial charge in [0.1, 0.15) is 12.4 Å². The van der Waals surface area contributed by atoms with Crippen LogP contribution in [0.15, 0.2) is 48.5 Å². The molecule has 2 aromatic carbocycles. The minimum Gasteiger partial charge on any atom is -0.488 e. The Labute approximate surface area is 167 Å². The van der Waals surface area contributed by atoms with E-state index in [4.69, 9.17) is 16.3 Å². The van der Waals surface area contributed by atoms with E-state index in [-0.39, 0.29) is 6.03 Å². The summed E-state index contributed by atoms with van der Waals surface area (Å²) < 4.78 is 29.5. The lowest BCUT2D eigenvalue weighted by molar-refractivity contribution is 0.0818. The number of anilines is 1. The topological polar surface area (TPSA) is 44.8 Å². The number of nitrogens with one attached hydrogen (secondary N) is 1. The largest absolute Gasteiger partial charge is 0.488 e. The van der Waals surface area contributed by atoms with E-state index in [2.05, 4.69) is 10.2 Å². The Morgan fingerprint density at radius 1 is 1.11 bits per heavy atom. The van der Waals surface area contributed by atoms with E-state index in [1.165, 1.54) is 0 Å². The second-order valence-electron chi connectivity index (χ2n) is 6.46. The van der Waals surface area contributed by atoms with Crippen molar-refractivity contribution in [2.75, 3.05) is 37.7 Å². The van der Waals surface area contributed by atoms with Crippen molar-refractivity contribution >= 4 is 23.3 Å². The summed E-state index contributed by atoms with van der Waals surface area (Å²) in [6, 6.07) is 14.3. The predicted octanol–water partition coefficient (Wildman–Crippen LogP) is 4.02. The van der Waals surface area contributed by atoms with E-state index >= 15 is 0 Å². The molecule has 1 aliphatic rings. The molecule has 2 aromatic rings. The molecule has 0 aliphatic carbocycles. The molecular weight excluding hydrogens is 388 g/mol. The van der Waals surface area contributed by atoms with Gasteiger partial charge in [-0.05, 0) is 35.9 Å². The minimum atomic E-state index is -2.52. The van der Waals surface area contributed by atoms with Gasteiger partial charge in [-0.2, -0.15) is 0 Å². The van der Waals surface area contributed by atoms with Gasteiger partial charge in [-0.3, -0.25) is 0 Å². The molecule has 3 rings (SSSR count). The molecule has 1 aliphatic heterocycles. The molecule has 0 unspecified atom stereocenters. The number of amides is 2. The summed E-state index contributed by atoms with van der Waals surface area (Å²) in [6.07, 6.45) is -2.52. The van der Waals surface area contributed by atoms with Crippen LogP contribution in [0.3, 0.4) is 0 Å². The van der Waals surface area contributed by atoms with Crippen molar-refractivity contribution in [3.05, 3.63) is 59.1 Å². The van der Waals surface area contributed by atoms with Crippen LogP contribution in [0.25, 0.3) is 0 Å². The van der Waals surface area contributed by atoms with Crippen molar-refractivity contribution < 1.29 is 18.3 Å². The maximum atomic E-state index is 12.4. The van der Waals surface area contributed by atoms with Gasteiger partial charge >= 0.3 is 6.03 Å². The number of piperazine rings is 1. The Morgan fingerprint density at radius 2 is 1.86 bits per heavy atom. The fourth-order valence-corrected chi connectivity index (χ4v) is 3.22. The van der Waals surface area contributed by atoms with Crippen LogP contribution in [0.1, 0.15) is 5.56 Å². The number of halogens is 3. The fourth-order valence-electron chi connectivity index (χ4n) is 3.03. The number of urea groups is 1. The first-order valence-electron chi connectivity index (χ1n) is 9.04. The van der Waals surface area contributed by atoms with E-state index in [0.29, 0.717) is 30.4 Å². The summed E-state index contributed by atoms with van der Waals surface area (Å²) in [7, 11) is 0. The minimum absolute atomic E-state index is 0.148. The summed E-state index contributed by atoms with van der Waals surface area (Å²) in [4.78, 5) is 16.4. The Bertz CT molecular complexity index is 799. The van der Waals surface area contributed by atoms with Crippen LogP contribution in [0, 0.1) is 0 Å². The zero-order valence-electron chi connectivity index (χ0n) is 15.3. The van der Waals surface area contributed by atoms with Crippen molar-refractivity contribution in [2.24, 2.45) is 0 Å². The standard InChI is InChI=1S/C20H22ClF2N3O2/c21-16-4-2-5-17(12-16)25-7-9-26(10-8-25)20(27)24-13-15-3-1-6-18(11-15)28-14-19(22)23/h1-6,11-12,19H,7-10,13-14H2,(H,24,27). The lowest BCUT2D eigenvalue weighted by Gasteiger charge is -2.36. The highest BCUT2D eigenvalue weighted by molar-refractivity contribution is 6.30. The molecule has 1 saturated heterocycles. The number of hydrogen-bond donors (Lipinski definition) is 1. The van der Waals surface area contributed by atoms with Crippen LogP contribution in [0.5, 0.6) is 5.75 Å². The number of alkyl halides is 2. The molecule has 150 valence electrons. The lowest BCUT2D eigenvalue weighted by Crippen LogP contribution is -2.51. The van der Waals surface area contributed by atoms with Crippen LogP contribution >= 0.6 is 11.6 Å². The maximum absolute atomic E-state index is 12.4. The molecule has 0 bridgehead atoms. The van der Waals surface area contributed by atoms with Gasteiger partial charge in [0.25, 0.3) is 6.43 Å². The second-order valence-corrected chi connectivity index (χ2v) is 6.90. The number of nitrogens with zero attached hydrogens (tertiary/aromatic N) is 2. The quantitative estimate of drug-likeness (QED) is 0.783. The summed E-state index contributed by atoms with van der Waals surface area (Å²) >= 11 is 6.04. The molecule has 2 amide bonds. The van der Waals surface area contributed by atoms with E-state index in [1.807, 2.05) is 30.3 Å². The van der Waals surface area contributed by atoms with E-state index in [9.17, 15) is 13.6 Å². The Morgan fingerprint density at radius 3 is 2.57 bits per heavy atom. The normalized spacial score (nSPS) is 14.3. The van der Waals surface area contributed by atoms with Gasteiger partial charge in [0.15, 0.2) is 0 Å². The summed E-state index contributed by atoms with van der Waals surface area (Å²) in [5.41, 5.74) is 1.84. The molecule has 1 N–H and O–H groups in total. The molecule has 8 heteroatoms. The number of benzene rings is 2. The van der Waals surface area contributed by atoms with Crippen molar-refractivity contribution in [3.8, 4) is 5.75 Å². The van der Waals surface area contributed by atoms with E-state index in [0.717, 1.165) is 24.3 Å². The Kier molecular flexibility index (Phi) is 6.92. The van der Waals surface area contributed by atoms with Crippen molar-refractivity contribution in [2.45, 2.75) is 13.0 Å².